The van der Waals surface area contributed by atoms with Gasteiger partial charge < -0.3 is 9.94 Å². The van der Waals surface area contributed by atoms with Gasteiger partial charge in [-0.25, -0.2) is 0 Å². The number of amides is 1. The number of hydroxylamine groups is 2. The standard InChI is InChI=1S/C13H17NO3/c15-10-14(12-8-4-5-9-13(12)16)17-11-6-2-1-3-7-11/h1-3,6-7,10,12-13,16H,4-5,8-9H2. The Morgan fingerprint density at radius 3 is 2.59 bits per heavy atom. The summed E-state index contributed by atoms with van der Waals surface area (Å²) < 4.78 is 0. The van der Waals surface area contributed by atoms with E-state index in [1.54, 1.807) is 12.1 Å². The summed E-state index contributed by atoms with van der Waals surface area (Å²) in [5.41, 5.74) is 0. The van der Waals surface area contributed by atoms with Gasteiger partial charge in [-0.2, -0.15) is 5.06 Å². The number of benzene rings is 1. The predicted molar refractivity (Wildman–Crippen MR) is 63.2 cm³/mol. The first-order valence-corrected chi connectivity index (χ1v) is 5.96. The summed E-state index contributed by atoms with van der Waals surface area (Å²) in [6.45, 7) is 0. The third-order valence-electron chi connectivity index (χ3n) is 3.08. The Kier molecular flexibility index (Phi) is 3.98. The number of nitrogens with zero attached hydrogens (tertiary/aromatic N) is 1. The van der Waals surface area contributed by atoms with E-state index in [-0.39, 0.29) is 6.04 Å². The van der Waals surface area contributed by atoms with Gasteiger partial charge in [-0.15, -0.1) is 0 Å². The third-order valence-corrected chi connectivity index (χ3v) is 3.08. The molecular weight excluding hydrogens is 218 g/mol. The molecule has 1 saturated carbocycles. The summed E-state index contributed by atoms with van der Waals surface area (Å²) in [6, 6.07) is 8.90. The molecule has 0 heterocycles. The van der Waals surface area contributed by atoms with Crippen molar-refractivity contribution in [2.24, 2.45) is 0 Å². The van der Waals surface area contributed by atoms with Crippen LogP contribution in [0.4, 0.5) is 0 Å². The van der Waals surface area contributed by atoms with E-state index in [4.69, 9.17) is 4.84 Å². The lowest BCUT2D eigenvalue weighted by Gasteiger charge is -2.33. The van der Waals surface area contributed by atoms with Gasteiger partial charge >= 0.3 is 0 Å². The number of para-hydroxylation sites is 1. The van der Waals surface area contributed by atoms with Gasteiger partial charge in [0.15, 0.2) is 5.75 Å². The minimum atomic E-state index is -0.488. The van der Waals surface area contributed by atoms with Gasteiger partial charge in [0.2, 0.25) is 6.41 Å². The van der Waals surface area contributed by atoms with E-state index in [9.17, 15) is 9.90 Å². The molecule has 0 spiro atoms. The first-order valence-electron chi connectivity index (χ1n) is 5.96. The van der Waals surface area contributed by atoms with E-state index >= 15 is 0 Å². The number of carbonyl (C=O) groups excluding carboxylic acids is 1. The van der Waals surface area contributed by atoms with E-state index < -0.39 is 6.10 Å². The summed E-state index contributed by atoms with van der Waals surface area (Å²) in [5.74, 6) is 0.609. The average molecular weight is 235 g/mol. The number of hydrogen-bond donors (Lipinski definition) is 1. The van der Waals surface area contributed by atoms with Crippen LogP contribution in [0.2, 0.25) is 0 Å². The lowest BCUT2D eigenvalue weighted by Crippen LogP contribution is -2.46. The van der Waals surface area contributed by atoms with Crippen LogP contribution >= 0.6 is 0 Å². The molecule has 2 unspecified atom stereocenters. The molecule has 0 saturated heterocycles. The van der Waals surface area contributed by atoms with Crippen LogP contribution in [0.25, 0.3) is 0 Å². The van der Waals surface area contributed by atoms with Crippen molar-refractivity contribution in [1.29, 1.82) is 0 Å². The Hall–Kier alpha value is -1.55. The van der Waals surface area contributed by atoms with Gasteiger partial charge in [-0.05, 0) is 25.0 Å². The topological polar surface area (TPSA) is 49.8 Å². The first-order chi connectivity index (χ1) is 8.31. The molecule has 4 heteroatoms. The lowest BCUT2D eigenvalue weighted by molar-refractivity contribution is -0.163. The summed E-state index contributed by atoms with van der Waals surface area (Å²) in [7, 11) is 0. The molecule has 1 N–H and O–H groups in total. The molecule has 17 heavy (non-hydrogen) atoms. The minimum Gasteiger partial charge on any atom is -0.391 e. The normalized spacial score (nSPS) is 24.1. The molecule has 2 atom stereocenters. The molecule has 0 aliphatic heterocycles. The third kappa shape index (κ3) is 2.97. The molecule has 2 rings (SSSR count). The first kappa shape index (κ1) is 11.9. The smallest absolute Gasteiger partial charge is 0.242 e. The van der Waals surface area contributed by atoms with Gasteiger partial charge in [-0.1, -0.05) is 31.0 Å². The van der Waals surface area contributed by atoms with Crippen molar-refractivity contribution in [2.45, 2.75) is 37.8 Å². The fourth-order valence-electron chi connectivity index (χ4n) is 2.16. The monoisotopic (exact) mass is 235 g/mol. The number of carbonyl (C=O) groups is 1. The predicted octanol–water partition coefficient (Wildman–Crippen LogP) is 1.74. The molecule has 92 valence electrons. The van der Waals surface area contributed by atoms with Crippen molar-refractivity contribution in [2.75, 3.05) is 0 Å². The van der Waals surface area contributed by atoms with Crippen LogP contribution in [0, 0.1) is 0 Å². The number of aliphatic hydroxyl groups is 1. The van der Waals surface area contributed by atoms with Crippen molar-refractivity contribution >= 4 is 6.41 Å². The van der Waals surface area contributed by atoms with Crippen LogP contribution in [0.5, 0.6) is 5.75 Å². The lowest BCUT2D eigenvalue weighted by atomic mass is 9.92. The van der Waals surface area contributed by atoms with Crippen molar-refractivity contribution in [3.8, 4) is 5.75 Å². The molecule has 0 aromatic heterocycles. The number of rotatable bonds is 4. The molecule has 4 nitrogen and oxygen atoms in total. The Bertz CT molecular complexity index is 355. The van der Waals surface area contributed by atoms with Crippen molar-refractivity contribution in [1.82, 2.24) is 5.06 Å². The second-order valence-electron chi connectivity index (χ2n) is 4.29. The van der Waals surface area contributed by atoms with Crippen molar-refractivity contribution in [3.63, 3.8) is 0 Å². The molecule has 1 aliphatic carbocycles. The second-order valence-corrected chi connectivity index (χ2v) is 4.29. The fourth-order valence-corrected chi connectivity index (χ4v) is 2.16. The summed E-state index contributed by atoms with van der Waals surface area (Å²) in [5, 5.41) is 11.1. The highest BCUT2D eigenvalue weighted by atomic mass is 16.7. The van der Waals surface area contributed by atoms with Crippen LogP contribution < -0.4 is 4.84 Å². The average Bonchev–Trinajstić information content (AvgIpc) is 2.38. The van der Waals surface area contributed by atoms with Crippen LogP contribution in [0.15, 0.2) is 30.3 Å². The molecular formula is C13H17NO3. The van der Waals surface area contributed by atoms with Crippen LogP contribution in [-0.2, 0) is 4.79 Å². The molecule has 1 aromatic rings. The highest BCUT2D eigenvalue weighted by molar-refractivity contribution is 5.46. The zero-order valence-corrected chi connectivity index (χ0v) is 9.66. The van der Waals surface area contributed by atoms with E-state index in [2.05, 4.69) is 0 Å². The fraction of sp³-hybridized carbons (Fsp3) is 0.462. The maximum Gasteiger partial charge on any atom is 0.242 e. The van der Waals surface area contributed by atoms with Crippen molar-refractivity contribution < 1.29 is 14.7 Å². The molecule has 1 aliphatic rings. The zero-order valence-electron chi connectivity index (χ0n) is 9.66. The van der Waals surface area contributed by atoms with E-state index in [0.29, 0.717) is 12.2 Å². The van der Waals surface area contributed by atoms with E-state index in [1.165, 1.54) is 5.06 Å². The van der Waals surface area contributed by atoms with Gasteiger partial charge in [0, 0.05) is 0 Å². The summed E-state index contributed by atoms with van der Waals surface area (Å²) >= 11 is 0. The molecule has 1 fully saturated rings. The van der Waals surface area contributed by atoms with Crippen LogP contribution in [0.3, 0.4) is 0 Å². The SMILES string of the molecule is O=CN(Oc1ccccc1)C1CCCCC1O. The van der Waals surface area contributed by atoms with Crippen LogP contribution in [-0.4, -0.2) is 28.7 Å². The van der Waals surface area contributed by atoms with Gasteiger partial charge in [0.05, 0.1) is 12.1 Å². The Morgan fingerprint density at radius 1 is 1.24 bits per heavy atom. The van der Waals surface area contributed by atoms with Gasteiger partial charge in [0.1, 0.15) is 0 Å². The van der Waals surface area contributed by atoms with Crippen molar-refractivity contribution in [3.05, 3.63) is 30.3 Å². The maximum absolute atomic E-state index is 11.0. The Balaban J connectivity index is 2.03. The maximum atomic E-state index is 11.0. The molecule has 0 bridgehead atoms. The number of hydrogen-bond acceptors (Lipinski definition) is 3. The van der Waals surface area contributed by atoms with Gasteiger partial charge in [0.25, 0.3) is 0 Å². The highest BCUT2D eigenvalue weighted by Crippen LogP contribution is 2.23. The minimum absolute atomic E-state index is 0.235. The van der Waals surface area contributed by atoms with Crippen LogP contribution in [0.1, 0.15) is 25.7 Å². The van der Waals surface area contributed by atoms with E-state index in [1.807, 2.05) is 18.2 Å². The van der Waals surface area contributed by atoms with E-state index in [0.717, 1.165) is 25.7 Å². The number of aliphatic hydroxyl groups excluding tert-OH is 1. The second kappa shape index (κ2) is 5.68. The summed E-state index contributed by atoms with van der Waals surface area (Å²) in [6.07, 6.45) is 3.70. The molecule has 1 amide bonds. The quantitative estimate of drug-likeness (QED) is 0.639. The largest absolute Gasteiger partial charge is 0.391 e. The highest BCUT2D eigenvalue weighted by Gasteiger charge is 2.29. The Morgan fingerprint density at radius 2 is 1.94 bits per heavy atom. The van der Waals surface area contributed by atoms with Gasteiger partial charge in [-0.3, -0.25) is 4.79 Å². The summed E-state index contributed by atoms with van der Waals surface area (Å²) in [4.78, 5) is 16.5. The molecule has 0 radical (unpaired) electrons. The Labute approximate surface area is 101 Å². The zero-order chi connectivity index (χ0) is 12.1. The molecule has 1 aromatic carbocycles.